The van der Waals surface area contributed by atoms with E-state index in [4.69, 9.17) is 0 Å². The minimum absolute atomic E-state index is 0.0921. The van der Waals surface area contributed by atoms with Crippen molar-refractivity contribution >= 4 is 52.3 Å². The van der Waals surface area contributed by atoms with E-state index in [0.717, 1.165) is 34.7 Å². The summed E-state index contributed by atoms with van der Waals surface area (Å²) in [6, 6.07) is 12.7. The maximum Gasteiger partial charge on any atom is 0.283 e. The van der Waals surface area contributed by atoms with Gasteiger partial charge >= 0.3 is 0 Å². The van der Waals surface area contributed by atoms with Crippen LogP contribution in [0.2, 0.25) is 0 Å². The Hall–Kier alpha value is -1.62. The Morgan fingerprint density at radius 2 is 0.923 bits per heavy atom. The van der Waals surface area contributed by atoms with Gasteiger partial charge in [-0.15, -0.1) is 8.80 Å². The van der Waals surface area contributed by atoms with Gasteiger partial charge in [-0.05, 0) is 61.6 Å². The van der Waals surface area contributed by atoms with Crippen LogP contribution in [0.4, 0.5) is 0 Å². The van der Waals surface area contributed by atoms with Crippen molar-refractivity contribution in [3.63, 3.8) is 0 Å². The average molecular weight is 427 g/mol. The normalized spacial score (nSPS) is 14.7. The highest BCUT2D eigenvalue weighted by Gasteiger charge is 2.28. The maximum atomic E-state index is 12.2. The third kappa shape index (κ3) is 4.37. The zero-order valence-electron chi connectivity index (χ0n) is 13.8. The van der Waals surface area contributed by atoms with Crippen LogP contribution in [0, 0.1) is 13.8 Å². The fraction of sp³-hybridized carbons (Fsp3) is 0.125. The van der Waals surface area contributed by atoms with Gasteiger partial charge in [-0.3, -0.25) is 0 Å². The molecule has 1 heterocycles. The minimum atomic E-state index is -3.82. The highest BCUT2D eigenvalue weighted by molar-refractivity contribution is 8.70. The third-order valence-electron chi connectivity index (χ3n) is 3.38. The van der Waals surface area contributed by atoms with Crippen LogP contribution in [0.5, 0.6) is 0 Å². The Labute approximate surface area is 161 Å². The van der Waals surface area contributed by atoms with E-state index in [-0.39, 0.29) is 18.5 Å². The molecule has 0 spiro atoms. The van der Waals surface area contributed by atoms with Crippen LogP contribution in [0.3, 0.4) is 0 Å². The van der Waals surface area contributed by atoms with Crippen molar-refractivity contribution < 1.29 is 16.8 Å². The molecule has 1 fully saturated rings. The van der Waals surface area contributed by atoms with Crippen LogP contribution >= 0.6 is 23.5 Å². The summed E-state index contributed by atoms with van der Waals surface area (Å²) < 4.78 is 56.8. The van der Waals surface area contributed by atoms with Gasteiger partial charge in [-0.25, -0.2) is 0 Å². The molecule has 0 unspecified atom stereocenters. The number of nitrogens with zero attached hydrogens (tertiary/aromatic N) is 2. The lowest BCUT2D eigenvalue weighted by atomic mass is 10.2. The van der Waals surface area contributed by atoms with Crippen LogP contribution in [0.1, 0.15) is 11.1 Å². The maximum absolute atomic E-state index is 12.2. The summed E-state index contributed by atoms with van der Waals surface area (Å²) in [6.45, 7) is 3.72. The van der Waals surface area contributed by atoms with Crippen LogP contribution in [-0.2, 0) is 20.0 Å². The molecule has 1 saturated heterocycles. The van der Waals surface area contributed by atoms with E-state index >= 15 is 0 Å². The summed E-state index contributed by atoms with van der Waals surface area (Å²) in [5.41, 5.74) is 1.89. The molecular formula is C16H14N2O4S4. The van der Waals surface area contributed by atoms with Gasteiger partial charge in [0, 0.05) is 0 Å². The molecule has 0 N–H and O–H groups in total. The molecular weight excluding hydrogens is 412 g/mol. The first-order valence-corrected chi connectivity index (χ1v) is 11.9. The van der Waals surface area contributed by atoms with Gasteiger partial charge in [-0.1, -0.05) is 35.4 Å². The molecule has 10 heteroatoms. The number of sulfonamides is 2. The monoisotopic (exact) mass is 426 g/mol. The summed E-state index contributed by atoms with van der Waals surface area (Å²) >= 11 is 1.86. The molecule has 26 heavy (non-hydrogen) atoms. The first-order valence-electron chi connectivity index (χ1n) is 7.35. The molecule has 0 bridgehead atoms. The van der Waals surface area contributed by atoms with Crippen molar-refractivity contribution in [2.45, 2.75) is 23.6 Å². The number of benzene rings is 2. The summed E-state index contributed by atoms with van der Waals surface area (Å²) in [5.74, 6) is 0. The fourth-order valence-electron chi connectivity index (χ4n) is 1.95. The third-order valence-corrected chi connectivity index (χ3v) is 8.48. The van der Waals surface area contributed by atoms with Gasteiger partial charge in [0.25, 0.3) is 20.0 Å². The highest BCUT2D eigenvalue weighted by atomic mass is 32.3. The van der Waals surface area contributed by atoms with Gasteiger partial charge in [0.05, 0.1) is 9.79 Å². The molecule has 2 aromatic carbocycles. The van der Waals surface area contributed by atoms with Gasteiger partial charge in [0.15, 0.2) is 8.75 Å². The molecule has 0 saturated carbocycles. The second kappa shape index (κ2) is 7.18. The summed E-state index contributed by atoms with van der Waals surface area (Å²) in [7, 11) is -7.64. The molecule has 0 aliphatic carbocycles. The molecule has 136 valence electrons. The van der Waals surface area contributed by atoms with Crippen molar-refractivity contribution in [3.05, 3.63) is 59.7 Å². The zero-order chi connectivity index (χ0) is 18.9. The Kier molecular flexibility index (Phi) is 5.29. The van der Waals surface area contributed by atoms with Crippen molar-refractivity contribution in [1.29, 1.82) is 0 Å². The van der Waals surface area contributed by atoms with Crippen molar-refractivity contribution in [3.8, 4) is 0 Å². The quantitative estimate of drug-likeness (QED) is 0.742. The van der Waals surface area contributed by atoms with Crippen molar-refractivity contribution in [2.24, 2.45) is 8.80 Å². The molecule has 0 amide bonds. The minimum Gasteiger partial charge on any atom is -0.199 e. The van der Waals surface area contributed by atoms with Gasteiger partial charge in [-0.2, -0.15) is 16.8 Å². The van der Waals surface area contributed by atoms with E-state index in [1.807, 2.05) is 13.8 Å². The van der Waals surface area contributed by atoms with E-state index < -0.39 is 20.0 Å². The molecule has 6 nitrogen and oxygen atoms in total. The molecule has 3 rings (SSSR count). The predicted octanol–water partition coefficient (Wildman–Crippen LogP) is 3.57. The van der Waals surface area contributed by atoms with E-state index in [0.29, 0.717) is 0 Å². The first-order chi connectivity index (χ1) is 12.2. The van der Waals surface area contributed by atoms with Crippen LogP contribution in [0.15, 0.2) is 67.1 Å². The lowest BCUT2D eigenvalue weighted by molar-refractivity contribution is 0.596. The smallest absolute Gasteiger partial charge is 0.199 e. The second-order valence-electron chi connectivity index (χ2n) is 5.49. The number of rotatable bonds is 4. The van der Waals surface area contributed by atoms with E-state index in [1.165, 1.54) is 24.3 Å². The van der Waals surface area contributed by atoms with Crippen molar-refractivity contribution in [1.82, 2.24) is 0 Å². The Morgan fingerprint density at radius 3 is 1.23 bits per heavy atom. The van der Waals surface area contributed by atoms with Gasteiger partial charge < -0.3 is 0 Å². The molecule has 0 atom stereocenters. The molecule has 1 aliphatic rings. The van der Waals surface area contributed by atoms with Crippen LogP contribution in [-0.4, -0.2) is 25.6 Å². The van der Waals surface area contributed by atoms with Gasteiger partial charge in [0.2, 0.25) is 0 Å². The van der Waals surface area contributed by atoms with Crippen LogP contribution < -0.4 is 0 Å². The Balaban J connectivity index is 1.75. The van der Waals surface area contributed by atoms with Crippen LogP contribution in [0.25, 0.3) is 0 Å². The molecule has 0 aromatic heterocycles. The van der Waals surface area contributed by atoms with E-state index in [1.54, 1.807) is 24.3 Å². The zero-order valence-corrected chi connectivity index (χ0v) is 17.0. The number of aryl methyl sites for hydroxylation is 2. The predicted molar refractivity (Wildman–Crippen MR) is 107 cm³/mol. The Bertz CT molecular complexity index is 1000. The first kappa shape index (κ1) is 19.2. The standard InChI is InChI=1S/C16H14N2O4S4/c1-11-3-7-13(8-4-11)25(19,20)17-15-23-16(24-15)18-26(21,22)14-9-5-12(2)6-10-14/h3-10H,1-2H3. The number of thioether (sulfide) groups is 2. The average Bonchev–Trinajstić information content (AvgIpc) is 2.53. The summed E-state index contributed by atoms with van der Waals surface area (Å²) in [6.07, 6.45) is 0. The molecule has 1 aliphatic heterocycles. The van der Waals surface area contributed by atoms with Crippen molar-refractivity contribution in [2.75, 3.05) is 0 Å². The second-order valence-corrected chi connectivity index (χ2v) is 11.2. The Morgan fingerprint density at radius 1 is 0.615 bits per heavy atom. The topological polar surface area (TPSA) is 93.0 Å². The summed E-state index contributed by atoms with van der Waals surface area (Å²) in [5, 5.41) is 0. The lowest BCUT2D eigenvalue weighted by Gasteiger charge is -2.15. The van der Waals surface area contributed by atoms with E-state index in [2.05, 4.69) is 8.80 Å². The molecule has 2 aromatic rings. The number of hydrogen-bond donors (Lipinski definition) is 0. The SMILES string of the molecule is Cc1ccc(S(=O)(=O)N=C2SC(=NS(=O)(=O)c3ccc(C)cc3)S2)cc1. The highest BCUT2D eigenvalue weighted by Crippen LogP contribution is 2.39. The number of hydrogen-bond acceptors (Lipinski definition) is 6. The largest absolute Gasteiger partial charge is 0.283 e. The fourth-order valence-corrected chi connectivity index (χ4v) is 6.30. The molecule has 0 radical (unpaired) electrons. The van der Waals surface area contributed by atoms with Gasteiger partial charge in [0.1, 0.15) is 0 Å². The summed E-state index contributed by atoms with van der Waals surface area (Å²) in [4.78, 5) is 0.184. The van der Waals surface area contributed by atoms with E-state index in [9.17, 15) is 16.8 Å². The lowest BCUT2D eigenvalue weighted by Crippen LogP contribution is -2.12.